The number of nitrogens with one attached hydrogen (secondary N) is 1. The Kier molecular flexibility index (Phi) is 8.56. The van der Waals surface area contributed by atoms with Crippen LogP contribution in [0.15, 0.2) is 84.9 Å². The summed E-state index contributed by atoms with van der Waals surface area (Å²) in [6.45, 7) is 0. The molecule has 1 saturated carbocycles. The zero-order valence-corrected chi connectivity index (χ0v) is 21.1. The van der Waals surface area contributed by atoms with E-state index in [0.717, 1.165) is 25.7 Å². The predicted molar refractivity (Wildman–Crippen MR) is 141 cm³/mol. The summed E-state index contributed by atoms with van der Waals surface area (Å²) < 4.78 is 20.1. The van der Waals surface area contributed by atoms with Gasteiger partial charge >= 0.3 is 0 Å². The third-order valence-corrected chi connectivity index (χ3v) is 9.67. The standard InChI is InChI=1S/C29H34NO4P/c1-34-27-20-12-11-19-25(27)28(31)29(32)26(21-22-13-5-2-6-14-22)30-35(33,23-15-7-3-8-16-23)24-17-9-4-10-18-24/h3-4,7-12,15-20,22,26,29,32H,2,5-6,13-14,21H2,1H3,(H,30,33)/t26-,29+/m1/s1. The number of hydrogen-bond acceptors (Lipinski definition) is 4. The predicted octanol–water partition coefficient (Wildman–Crippen LogP) is 5.10. The Labute approximate surface area is 208 Å². The van der Waals surface area contributed by atoms with E-state index in [2.05, 4.69) is 5.09 Å². The normalized spacial score (nSPS) is 16.4. The van der Waals surface area contributed by atoms with E-state index in [1.807, 2.05) is 60.7 Å². The molecule has 2 atom stereocenters. The molecule has 5 nitrogen and oxygen atoms in total. The van der Waals surface area contributed by atoms with Crippen LogP contribution < -0.4 is 20.4 Å². The molecule has 184 valence electrons. The second-order valence-corrected chi connectivity index (χ2v) is 11.8. The van der Waals surface area contributed by atoms with Crippen molar-refractivity contribution in [3.05, 3.63) is 90.5 Å². The van der Waals surface area contributed by atoms with Crippen molar-refractivity contribution in [3.63, 3.8) is 0 Å². The molecule has 2 N–H and O–H groups in total. The Morgan fingerprint density at radius 2 is 1.46 bits per heavy atom. The molecule has 1 aliphatic carbocycles. The molecule has 0 amide bonds. The Balaban J connectivity index is 1.72. The molecule has 0 heterocycles. The molecule has 6 heteroatoms. The number of aliphatic hydroxyl groups is 1. The number of rotatable bonds is 10. The van der Waals surface area contributed by atoms with Gasteiger partial charge in [-0.25, -0.2) is 0 Å². The monoisotopic (exact) mass is 491 g/mol. The maximum absolute atomic E-state index is 14.7. The highest BCUT2D eigenvalue weighted by atomic mass is 31.2. The highest BCUT2D eigenvalue weighted by Gasteiger charge is 2.37. The van der Waals surface area contributed by atoms with Crippen LogP contribution in [0.1, 0.15) is 48.9 Å². The second kappa shape index (κ2) is 11.8. The minimum absolute atomic E-state index is 0.326. The molecule has 4 rings (SSSR count). The van der Waals surface area contributed by atoms with Gasteiger partial charge in [-0.2, -0.15) is 0 Å². The van der Waals surface area contributed by atoms with Crippen LogP contribution in [0, 0.1) is 5.92 Å². The lowest BCUT2D eigenvalue weighted by molar-refractivity contribution is 0.0643. The zero-order valence-electron chi connectivity index (χ0n) is 20.2. The topological polar surface area (TPSA) is 75.6 Å². The fraction of sp³-hybridized carbons (Fsp3) is 0.345. The number of Topliss-reactive ketones (excluding diaryl/α,β-unsaturated/α-hetero) is 1. The van der Waals surface area contributed by atoms with Gasteiger partial charge in [0.1, 0.15) is 11.9 Å². The van der Waals surface area contributed by atoms with Gasteiger partial charge in [-0.1, -0.05) is 80.6 Å². The highest BCUT2D eigenvalue weighted by Crippen LogP contribution is 2.41. The van der Waals surface area contributed by atoms with Crippen molar-refractivity contribution < 1.29 is 19.2 Å². The van der Waals surface area contributed by atoms with Crippen LogP contribution >= 0.6 is 7.29 Å². The average Bonchev–Trinajstić information content (AvgIpc) is 2.93. The summed E-state index contributed by atoms with van der Waals surface area (Å²) in [5, 5.41) is 16.1. The quantitative estimate of drug-likeness (QED) is 0.305. The molecule has 0 bridgehead atoms. The molecule has 0 aliphatic heterocycles. The smallest absolute Gasteiger partial charge is 0.204 e. The van der Waals surface area contributed by atoms with Gasteiger partial charge in [-0.05, 0) is 48.7 Å². The summed E-state index contributed by atoms with van der Waals surface area (Å²) in [4.78, 5) is 13.5. The van der Waals surface area contributed by atoms with Gasteiger partial charge in [0.2, 0.25) is 7.29 Å². The number of methoxy groups -OCH3 is 1. The van der Waals surface area contributed by atoms with Crippen LogP contribution in [-0.4, -0.2) is 30.1 Å². The first kappa shape index (κ1) is 25.4. The average molecular weight is 492 g/mol. The number of aliphatic hydroxyl groups excluding tert-OH is 1. The number of carbonyl (C=O) groups excluding carboxylic acids is 1. The van der Waals surface area contributed by atoms with Gasteiger partial charge in [-0.15, -0.1) is 0 Å². The van der Waals surface area contributed by atoms with E-state index in [-0.39, 0.29) is 0 Å². The number of carbonyl (C=O) groups is 1. The van der Waals surface area contributed by atoms with Crippen molar-refractivity contribution >= 4 is 23.7 Å². The first-order chi connectivity index (χ1) is 17.0. The lowest BCUT2D eigenvalue weighted by atomic mass is 9.83. The summed E-state index contributed by atoms with van der Waals surface area (Å²) in [6, 6.07) is 24.8. The van der Waals surface area contributed by atoms with Crippen molar-refractivity contribution in [2.45, 2.75) is 50.7 Å². The number of benzene rings is 3. The minimum atomic E-state index is -3.35. The van der Waals surface area contributed by atoms with Crippen LogP contribution in [0.3, 0.4) is 0 Å². The maximum atomic E-state index is 14.7. The fourth-order valence-electron chi connectivity index (χ4n) is 5.03. The van der Waals surface area contributed by atoms with Gasteiger partial charge in [-0.3, -0.25) is 14.4 Å². The van der Waals surface area contributed by atoms with E-state index >= 15 is 0 Å². The summed E-state index contributed by atoms with van der Waals surface area (Å²) >= 11 is 0. The first-order valence-corrected chi connectivity index (χ1v) is 14.1. The minimum Gasteiger partial charge on any atom is -0.496 e. The Hall–Kier alpha value is -2.72. The van der Waals surface area contributed by atoms with Crippen LogP contribution in [0.4, 0.5) is 0 Å². The van der Waals surface area contributed by atoms with Crippen molar-refractivity contribution in [1.29, 1.82) is 0 Å². The van der Waals surface area contributed by atoms with E-state index < -0.39 is 25.2 Å². The number of para-hydroxylation sites is 1. The Morgan fingerprint density at radius 3 is 2.03 bits per heavy atom. The van der Waals surface area contributed by atoms with Gasteiger partial charge in [0.05, 0.1) is 12.7 Å². The largest absolute Gasteiger partial charge is 0.496 e. The van der Waals surface area contributed by atoms with Crippen LogP contribution in [0.5, 0.6) is 5.75 Å². The third-order valence-electron chi connectivity index (χ3n) is 6.92. The zero-order chi connectivity index (χ0) is 24.7. The SMILES string of the molecule is COc1ccccc1C(=O)[C@@H](O)[C@@H](CC1CCCCC1)NP(=O)(c1ccccc1)c1ccccc1. The first-order valence-electron chi connectivity index (χ1n) is 12.4. The number of ketones is 1. The van der Waals surface area contributed by atoms with Crippen molar-refractivity contribution in [2.75, 3.05) is 7.11 Å². The fourth-order valence-corrected chi connectivity index (χ4v) is 7.53. The van der Waals surface area contributed by atoms with E-state index in [1.54, 1.807) is 24.3 Å². The Morgan fingerprint density at radius 1 is 0.914 bits per heavy atom. The number of ether oxygens (including phenoxy) is 1. The molecule has 0 aromatic heterocycles. The molecule has 0 radical (unpaired) electrons. The third kappa shape index (κ3) is 5.92. The second-order valence-electron chi connectivity index (χ2n) is 9.27. The van der Waals surface area contributed by atoms with Crippen LogP contribution in [0.2, 0.25) is 0 Å². The molecule has 1 fully saturated rings. The summed E-state index contributed by atoms with van der Waals surface area (Å²) in [7, 11) is -1.84. The number of hydrogen-bond donors (Lipinski definition) is 2. The summed E-state index contributed by atoms with van der Waals surface area (Å²) in [5.74, 6) is 0.354. The molecule has 3 aromatic carbocycles. The molecule has 0 spiro atoms. The molecule has 35 heavy (non-hydrogen) atoms. The maximum Gasteiger partial charge on any atom is 0.204 e. The van der Waals surface area contributed by atoms with Gasteiger partial charge in [0, 0.05) is 16.7 Å². The molecule has 0 saturated heterocycles. The van der Waals surface area contributed by atoms with E-state index in [4.69, 9.17) is 4.74 Å². The summed E-state index contributed by atoms with van der Waals surface area (Å²) in [5.41, 5.74) is 0.326. The molecule has 3 aromatic rings. The van der Waals surface area contributed by atoms with Gasteiger partial charge in [0.15, 0.2) is 5.78 Å². The lowest BCUT2D eigenvalue weighted by Crippen LogP contribution is -2.47. The van der Waals surface area contributed by atoms with E-state index in [9.17, 15) is 14.5 Å². The summed E-state index contributed by atoms with van der Waals surface area (Å²) in [6.07, 6.45) is 4.80. The van der Waals surface area contributed by atoms with Crippen LogP contribution in [-0.2, 0) is 4.57 Å². The van der Waals surface area contributed by atoms with E-state index in [0.29, 0.717) is 34.3 Å². The highest BCUT2D eigenvalue weighted by molar-refractivity contribution is 7.76. The van der Waals surface area contributed by atoms with Crippen molar-refractivity contribution in [1.82, 2.24) is 5.09 Å². The van der Waals surface area contributed by atoms with Gasteiger partial charge < -0.3 is 9.84 Å². The molecular weight excluding hydrogens is 457 g/mol. The molecule has 0 unspecified atom stereocenters. The molecular formula is C29H34NO4P. The van der Waals surface area contributed by atoms with Gasteiger partial charge in [0.25, 0.3) is 0 Å². The van der Waals surface area contributed by atoms with E-state index in [1.165, 1.54) is 13.5 Å². The van der Waals surface area contributed by atoms with Crippen LogP contribution in [0.25, 0.3) is 0 Å². The Bertz CT molecular complexity index is 1100. The molecule has 1 aliphatic rings. The lowest BCUT2D eigenvalue weighted by Gasteiger charge is -2.33. The van der Waals surface area contributed by atoms with Crippen molar-refractivity contribution in [3.8, 4) is 5.75 Å². The van der Waals surface area contributed by atoms with Crippen molar-refractivity contribution in [2.24, 2.45) is 5.92 Å².